The van der Waals surface area contributed by atoms with E-state index in [0.717, 1.165) is 13.0 Å². The first-order valence-electron chi connectivity index (χ1n) is 7.05. The lowest BCUT2D eigenvalue weighted by molar-refractivity contribution is -0.117. The summed E-state index contributed by atoms with van der Waals surface area (Å²) in [5.41, 5.74) is 6.20. The lowest BCUT2D eigenvalue weighted by atomic mass is 10.3. The van der Waals surface area contributed by atoms with Crippen LogP contribution in [0.4, 0.5) is 5.69 Å². The van der Waals surface area contributed by atoms with E-state index in [1.54, 1.807) is 14.2 Å². The number of ether oxygens (including phenoxy) is 2. The summed E-state index contributed by atoms with van der Waals surface area (Å²) in [4.78, 5) is 14.2. The van der Waals surface area contributed by atoms with Gasteiger partial charge in [-0.25, -0.2) is 0 Å². The molecule has 0 aromatic heterocycles. The number of carbonyl (C=O) groups excluding carboxylic acids is 1. The molecule has 1 rings (SSSR count). The monoisotopic (exact) mass is 295 g/mol. The molecule has 0 radical (unpaired) electrons. The Labute approximate surface area is 126 Å². The fourth-order valence-corrected chi connectivity index (χ4v) is 1.95. The predicted molar refractivity (Wildman–Crippen MR) is 83.6 cm³/mol. The third-order valence-electron chi connectivity index (χ3n) is 3.04. The largest absolute Gasteiger partial charge is 0.495 e. The standard InChI is InChI=1S/C15H25N3O3/c1-20-11-10-18(9-5-8-16)12-15(19)17-13-6-3-4-7-14(13)21-2/h3-4,6-7H,5,8-12,16H2,1-2H3,(H,17,19). The third kappa shape index (κ3) is 6.57. The second-order valence-electron chi connectivity index (χ2n) is 4.66. The van der Waals surface area contributed by atoms with Crippen LogP contribution in [-0.4, -0.2) is 57.8 Å². The molecule has 0 heterocycles. The van der Waals surface area contributed by atoms with Crippen LogP contribution in [0.2, 0.25) is 0 Å². The number of rotatable bonds is 10. The molecular weight excluding hydrogens is 270 g/mol. The van der Waals surface area contributed by atoms with Crippen molar-refractivity contribution in [2.45, 2.75) is 6.42 Å². The first-order valence-corrected chi connectivity index (χ1v) is 7.05. The van der Waals surface area contributed by atoms with E-state index in [0.29, 0.717) is 37.7 Å². The highest BCUT2D eigenvalue weighted by Crippen LogP contribution is 2.22. The molecule has 1 aromatic carbocycles. The highest BCUT2D eigenvalue weighted by molar-refractivity contribution is 5.93. The first-order chi connectivity index (χ1) is 10.2. The van der Waals surface area contributed by atoms with Crippen LogP contribution in [0, 0.1) is 0 Å². The molecule has 0 spiro atoms. The van der Waals surface area contributed by atoms with E-state index in [-0.39, 0.29) is 5.91 Å². The average molecular weight is 295 g/mol. The van der Waals surface area contributed by atoms with Crippen LogP contribution in [0.15, 0.2) is 24.3 Å². The third-order valence-corrected chi connectivity index (χ3v) is 3.04. The summed E-state index contributed by atoms with van der Waals surface area (Å²) in [7, 11) is 3.23. The molecule has 0 aliphatic carbocycles. The van der Waals surface area contributed by atoms with Crippen molar-refractivity contribution in [2.75, 3.05) is 52.3 Å². The van der Waals surface area contributed by atoms with Crippen molar-refractivity contribution in [1.29, 1.82) is 0 Å². The molecule has 0 bridgehead atoms. The lowest BCUT2D eigenvalue weighted by Gasteiger charge is -2.21. The number of benzene rings is 1. The highest BCUT2D eigenvalue weighted by atomic mass is 16.5. The number of hydrogen-bond donors (Lipinski definition) is 2. The van der Waals surface area contributed by atoms with Crippen molar-refractivity contribution in [3.63, 3.8) is 0 Å². The molecule has 1 amide bonds. The van der Waals surface area contributed by atoms with E-state index >= 15 is 0 Å². The molecule has 0 fully saturated rings. The van der Waals surface area contributed by atoms with E-state index in [9.17, 15) is 4.79 Å². The quantitative estimate of drug-likeness (QED) is 0.671. The van der Waals surface area contributed by atoms with E-state index in [4.69, 9.17) is 15.2 Å². The SMILES string of the molecule is COCCN(CCCN)CC(=O)Nc1ccccc1OC. The van der Waals surface area contributed by atoms with Crippen LogP contribution >= 0.6 is 0 Å². The van der Waals surface area contributed by atoms with Gasteiger partial charge in [0.05, 0.1) is 25.9 Å². The number of para-hydroxylation sites is 2. The minimum absolute atomic E-state index is 0.0763. The van der Waals surface area contributed by atoms with Crippen molar-refractivity contribution in [2.24, 2.45) is 5.73 Å². The summed E-state index contributed by atoms with van der Waals surface area (Å²) in [6.45, 7) is 2.99. The van der Waals surface area contributed by atoms with Gasteiger partial charge < -0.3 is 20.5 Å². The van der Waals surface area contributed by atoms with Crippen LogP contribution < -0.4 is 15.8 Å². The summed E-state index contributed by atoms with van der Waals surface area (Å²) in [5, 5.41) is 2.87. The maximum absolute atomic E-state index is 12.1. The molecule has 0 aliphatic heterocycles. The molecule has 0 saturated heterocycles. The van der Waals surface area contributed by atoms with Crippen molar-refractivity contribution in [3.05, 3.63) is 24.3 Å². The van der Waals surface area contributed by atoms with Crippen LogP contribution in [-0.2, 0) is 9.53 Å². The maximum atomic E-state index is 12.1. The molecule has 118 valence electrons. The summed E-state index contributed by atoms with van der Waals surface area (Å²) < 4.78 is 10.3. The van der Waals surface area contributed by atoms with Crippen molar-refractivity contribution in [1.82, 2.24) is 4.90 Å². The van der Waals surface area contributed by atoms with Gasteiger partial charge in [0.2, 0.25) is 5.91 Å². The Morgan fingerprint density at radius 1 is 1.29 bits per heavy atom. The average Bonchev–Trinajstić information content (AvgIpc) is 2.50. The zero-order valence-electron chi connectivity index (χ0n) is 12.8. The van der Waals surface area contributed by atoms with Gasteiger partial charge in [-0.15, -0.1) is 0 Å². The Hall–Kier alpha value is -1.63. The van der Waals surface area contributed by atoms with Crippen molar-refractivity contribution < 1.29 is 14.3 Å². The Bertz CT molecular complexity index is 418. The van der Waals surface area contributed by atoms with Gasteiger partial charge in [-0.3, -0.25) is 9.69 Å². The summed E-state index contributed by atoms with van der Waals surface area (Å²) >= 11 is 0. The van der Waals surface area contributed by atoms with Crippen LogP contribution in [0.25, 0.3) is 0 Å². The van der Waals surface area contributed by atoms with E-state index < -0.39 is 0 Å². The smallest absolute Gasteiger partial charge is 0.238 e. The number of hydrogen-bond acceptors (Lipinski definition) is 5. The van der Waals surface area contributed by atoms with Gasteiger partial charge in [0.1, 0.15) is 5.75 Å². The highest BCUT2D eigenvalue weighted by Gasteiger charge is 2.12. The van der Waals surface area contributed by atoms with Crippen LogP contribution in [0.3, 0.4) is 0 Å². The number of methoxy groups -OCH3 is 2. The van der Waals surface area contributed by atoms with Gasteiger partial charge in [-0.1, -0.05) is 12.1 Å². The van der Waals surface area contributed by atoms with E-state index in [1.807, 2.05) is 29.2 Å². The normalized spacial score (nSPS) is 10.7. The maximum Gasteiger partial charge on any atom is 0.238 e. The number of anilines is 1. The van der Waals surface area contributed by atoms with Gasteiger partial charge >= 0.3 is 0 Å². The van der Waals surface area contributed by atoms with Crippen molar-refractivity contribution >= 4 is 11.6 Å². The van der Waals surface area contributed by atoms with E-state index in [1.165, 1.54) is 0 Å². The number of carbonyl (C=O) groups is 1. The minimum atomic E-state index is -0.0763. The molecule has 3 N–H and O–H groups in total. The summed E-state index contributed by atoms with van der Waals surface area (Å²) in [6.07, 6.45) is 0.853. The Kier molecular flexibility index (Phi) is 8.42. The summed E-state index contributed by atoms with van der Waals surface area (Å²) in [5.74, 6) is 0.573. The fraction of sp³-hybridized carbons (Fsp3) is 0.533. The number of amides is 1. The summed E-state index contributed by atoms with van der Waals surface area (Å²) in [6, 6.07) is 7.35. The lowest BCUT2D eigenvalue weighted by Crippen LogP contribution is -2.36. The van der Waals surface area contributed by atoms with Gasteiger partial charge in [0.15, 0.2) is 0 Å². The molecule has 6 heteroatoms. The molecule has 0 aliphatic rings. The molecule has 6 nitrogen and oxygen atoms in total. The van der Waals surface area contributed by atoms with Crippen LogP contribution in [0.1, 0.15) is 6.42 Å². The fourth-order valence-electron chi connectivity index (χ4n) is 1.95. The van der Waals surface area contributed by atoms with Gasteiger partial charge in [0, 0.05) is 13.7 Å². The van der Waals surface area contributed by atoms with Gasteiger partial charge in [-0.2, -0.15) is 0 Å². The molecular formula is C15H25N3O3. The molecule has 21 heavy (non-hydrogen) atoms. The Morgan fingerprint density at radius 3 is 2.71 bits per heavy atom. The number of nitrogens with zero attached hydrogens (tertiary/aromatic N) is 1. The molecule has 1 aromatic rings. The van der Waals surface area contributed by atoms with Gasteiger partial charge in [-0.05, 0) is 31.6 Å². The second-order valence-corrected chi connectivity index (χ2v) is 4.66. The topological polar surface area (TPSA) is 76.8 Å². The van der Waals surface area contributed by atoms with E-state index in [2.05, 4.69) is 5.32 Å². The van der Waals surface area contributed by atoms with Crippen LogP contribution in [0.5, 0.6) is 5.75 Å². The number of nitrogens with two attached hydrogens (primary N) is 1. The van der Waals surface area contributed by atoms with Crippen molar-refractivity contribution in [3.8, 4) is 5.75 Å². The predicted octanol–water partition coefficient (Wildman–Crippen LogP) is 0.931. The molecule has 0 unspecified atom stereocenters. The Balaban J connectivity index is 2.55. The first kappa shape index (κ1) is 17.4. The zero-order valence-corrected chi connectivity index (χ0v) is 12.8. The molecule has 0 atom stereocenters. The molecule has 0 saturated carbocycles. The Morgan fingerprint density at radius 2 is 2.05 bits per heavy atom. The minimum Gasteiger partial charge on any atom is -0.495 e. The number of nitrogens with one attached hydrogen (secondary N) is 1. The second kappa shape index (κ2) is 10.1. The zero-order chi connectivity index (χ0) is 15.5. The van der Waals surface area contributed by atoms with Gasteiger partial charge in [0.25, 0.3) is 0 Å².